The molecule has 3 atom stereocenters. The Morgan fingerprint density at radius 1 is 1.13 bits per heavy atom. The number of likely N-dealkylation sites (tertiary alicyclic amines) is 1. The Bertz CT molecular complexity index is 848. The number of methoxy groups -OCH3 is 1. The fraction of sp³-hybridized carbons (Fsp3) is 0.478. The lowest BCUT2D eigenvalue weighted by atomic mass is 9.89. The van der Waals surface area contributed by atoms with E-state index in [9.17, 15) is 4.79 Å². The molecule has 1 amide bonds. The molecule has 0 saturated carbocycles. The average Bonchev–Trinajstić information content (AvgIpc) is 3.29. The number of ether oxygens (including phenoxy) is 1. The number of amides is 1. The van der Waals surface area contributed by atoms with Crippen molar-refractivity contribution in [3.8, 4) is 5.75 Å². The first-order valence-corrected chi connectivity index (χ1v) is 10.4. The number of benzene rings is 1. The van der Waals surface area contributed by atoms with E-state index in [4.69, 9.17) is 4.74 Å². The fourth-order valence-corrected chi connectivity index (χ4v) is 4.80. The van der Waals surface area contributed by atoms with Crippen molar-refractivity contribution in [1.29, 1.82) is 0 Å². The summed E-state index contributed by atoms with van der Waals surface area (Å²) in [4.78, 5) is 21.5. The summed E-state index contributed by atoms with van der Waals surface area (Å²) >= 11 is 0. The van der Waals surface area contributed by atoms with Crippen molar-refractivity contribution < 1.29 is 9.53 Å². The van der Waals surface area contributed by atoms with Crippen LogP contribution >= 0.6 is 24.8 Å². The molecule has 0 radical (unpaired) electrons. The maximum absolute atomic E-state index is 12.1. The second kappa shape index (κ2) is 11.0. The number of hydrogen-bond acceptors (Lipinski definition) is 5. The second-order valence-corrected chi connectivity index (χ2v) is 8.15. The van der Waals surface area contributed by atoms with Crippen LogP contribution in [0.25, 0.3) is 0 Å². The van der Waals surface area contributed by atoms with E-state index >= 15 is 0 Å². The molecule has 170 valence electrons. The van der Waals surface area contributed by atoms with E-state index in [0.29, 0.717) is 30.0 Å². The zero-order chi connectivity index (χ0) is 20.4. The van der Waals surface area contributed by atoms with Crippen LogP contribution in [0.5, 0.6) is 5.75 Å². The van der Waals surface area contributed by atoms with E-state index in [1.54, 1.807) is 13.3 Å². The van der Waals surface area contributed by atoms with Crippen LogP contribution in [0.15, 0.2) is 42.6 Å². The number of aromatic nitrogens is 1. The number of pyridine rings is 1. The molecule has 1 N–H and O–H groups in total. The minimum Gasteiger partial charge on any atom is -0.497 e. The molecule has 2 aliphatic heterocycles. The third-order valence-corrected chi connectivity index (χ3v) is 6.22. The zero-order valence-electron chi connectivity index (χ0n) is 18.3. The summed E-state index contributed by atoms with van der Waals surface area (Å²) in [5, 5.41) is 2.90. The van der Waals surface area contributed by atoms with Gasteiger partial charge in [0, 0.05) is 44.3 Å². The van der Waals surface area contributed by atoms with Gasteiger partial charge in [-0.05, 0) is 49.2 Å². The van der Waals surface area contributed by atoms with E-state index in [2.05, 4.69) is 39.3 Å². The summed E-state index contributed by atoms with van der Waals surface area (Å²) < 4.78 is 5.31. The van der Waals surface area contributed by atoms with Crippen molar-refractivity contribution in [3.63, 3.8) is 0 Å². The minimum absolute atomic E-state index is 0. The van der Waals surface area contributed by atoms with Crippen molar-refractivity contribution in [2.24, 2.45) is 11.8 Å². The first kappa shape index (κ1) is 25.2. The van der Waals surface area contributed by atoms with Crippen LogP contribution in [0.3, 0.4) is 0 Å². The number of anilines is 1. The van der Waals surface area contributed by atoms with Gasteiger partial charge < -0.3 is 15.0 Å². The second-order valence-electron chi connectivity index (χ2n) is 8.15. The molecule has 0 bridgehead atoms. The van der Waals surface area contributed by atoms with Crippen LogP contribution in [0.4, 0.5) is 5.82 Å². The molecule has 0 spiro atoms. The topological polar surface area (TPSA) is 57.7 Å². The molecule has 31 heavy (non-hydrogen) atoms. The van der Waals surface area contributed by atoms with Gasteiger partial charge in [0.1, 0.15) is 11.6 Å². The number of hydrogen-bond donors (Lipinski definition) is 1. The zero-order valence-corrected chi connectivity index (χ0v) is 19.9. The Labute approximate surface area is 197 Å². The lowest BCUT2D eigenvalue weighted by molar-refractivity contribution is 0.0953. The van der Waals surface area contributed by atoms with Gasteiger partial charge in [-0.1, -0.05) is 19.1 Å². The molecular weight excluding hydrogens is 435 g/mol. The third kappa shape index (κ3) is 5.25. The third-order valence-electron chi connectivity index (χ3n) is 6.22. The summed E-state index contributed by atoms with van der Waals surface area (Å²) in [6.07, 6.45) is 2.62. The molecule has 0 aliphatic carbocycles. The van der Waals surface area contributed by atoms with Gasteiger partial charge in [-0.15, -0.1) is 24.8 Å². The molecule has 2 fully saturated rings. The highest BCUT2D eigenvalue weighted by Crippen LogP contribution is 2.45. The number of rotatable bonds is 6. The van der Waals surface area contributed by atoms with Crippen molar-refractivity contribution in [2.75, 3.05) is 45.2 Å². The standard InChI is InChI=1S/C23H30N4O2.2ClH/c1-4-11-24-23(28)17-7-10-21(25-12-17)27-14-18-13-26(2)22(20(18)15-27)16-5-8-19(29-3)9-6-16;;/h5-10,12,18,20,22H,4,11,13-15H2,1-3H3,(H,24,28);2*1H/t18-,20+,22+;;/m0../s1. The molecular formula is C23H32Cl2N4O2. The fourth-order valence-electron chi connectivity index (χ4n) is 4.80. The molecule has 2 saturated heterocycles. The van der Waals surface area contributed by atoms with E-state index < -0.39 is 0 Å². The number of nitrogens with one attached hydrogen (secondary N) is 1. The highest BCUT2D eigenvalue weighted by molar-refractivity contribution is 5.94. The molecule has 8 heteroatoms. The first-order chi connectivity index (χ1) is 14.1. The van der Waals surface area contributed by atoms with Crippen molar-refractivity contribution >= 4 is 36.5 Å². The Hall–Kier alpha value is -2.02. The van der Waals surface area contributed by atoms with Gasteiger partial charge in [-0.25, -0.2) is 4.98 Å². The van der Waals surface area contributed by atoms with Crippen LogP contribution in [-0.4, -0.2) is 56.1 Å². The van der Waals surface area contributed by atoms with Crippen LogP contribution in [0, 0.1) is 11.8 Å². The first-order valence-electron chi connectivity index (χ1n) is 10.4. The van der Waals surface area contributed by atoms with Gasteiger partial charge in [0.05, 0.1) is 12.7 Å². The highest BCUT2D eigenvalue weighted by atomic mass is 35.5. The summed E-state index contributed by atoms with van der Waals surface area (Å²) in [5.74, 6) is 3.00. The van der Waals surface area contributed by atoms with E-state index in [1.165, 1.54) is 5.56 Å². The maximum Gasteiger partial charge on any atom is 0.252 e. The van der Waals surface area contributed by atoms with Crippen LogP contribution in [0.1, 0.15) is 35.3 Å². The smallest absolute Gasteiger partial charge is 0.252 e. The van der Waals surface area contributed by atoms with Crippen LogP contribution < -0.4 is 15.0 Å². The molecule has 4 rings (SSSR count). The van der Waals surface area contributed by atoms with Crippen LogP contribution in [0.2, 0.25) is 0 Å². The molecule has 3 heterocycles. The molecule has 1 aromatic heterocycles. The van der Waals surface area contributed by atoms with Gasteiger partial charge in [0.2, 0.25) is 0 Å². The van der Waals surface area contributed by atoms with Gasteiger partial charge >= 0.3 is 0 Å². The molecule has 2 aliphatic rings. The van der Waals surface area contributed by atoms with Crippen molar-refractivity contribution in [2.45, 2.75) is 19.4 Å². The Balaban J connectivity index is 0.00000171. The Kier molecular flexibility index (Phi) is 8.98. The van der Waals surface area contributed by atoms with Crippen LogP contribution in [-0.2, 0) is 0 Å². The lowest BCUT2D eigenvalue weighted by Gasteiger charge is -2.27. The number of carbonyl (C=O) groups excluding carboxylic acids is 1. The molecule has 0 unspecified atom stereocenters. The molecule has 2 aromatic rings. The number of fused-ring (bicyclic) bond motifs is 1. The largest absolute Gasteiger partial charge is 0.497 e. The van der Waals surface area contributed by atoms with Gasteiger partial charge in [-0.2, -0.15) is 0 Å². The van der Waals surface area contributed by atoms with Gasteiger partial charge in [0.15, 0.2) is 0 Å². The van der Waals surface area contributed by atoms with Crippen molar-refractivity contribution in [1.82, 2.24) is 15.2 Å². The number of nitrogens with zero attached hydrogens (tertiary/aromatic N) is 3. The predicted molar refractivity (Wildman–Crippen MR) is 129 cm³/mol. The SMILES string of the molecule is CCCNC(=O)c1ccc(N2C[C@@H]3CN(C)[C@H](c4ccc(OC)cc4)[C@@H]3C2)nc1.Cl.Cl. The summed E-state index contributed by atoms with van der Waals surface area (Å²) in [7, 11) is 3.92. The summed E-state index contributed by atoms with van der Waals surface area (Å²) in [5.41, 5.74) is 1.97. The van der Waals surface area contributed by atoms with E-state index in [1.807, 2.05) is 31.2 Å². The molecule has 6 nitrogen and oxygen atoms in total. The van der Waals surface area contributed by atoms with E-state index in [0.717, 1.165) is 37.6 Å². The quantitative estimate of drug-likeness (QED) is 0.700. The lowest BCUT2D eigenvalue weighted by Crippen LogP contribution is -2.29. The number of halogens is 2. The number of carbonyl (C=O) groups is 1. The van der Waals surface area contributed by atoms with Gasteiger partial charge in [-0.3, -0.25) is 9.69 Å². The minimum atomic E-state index is -0.0506. The summed E-state index contributed by atoms with van der Waals surface area (Å²) in [6.45, 7) is 5.82. The average molecular weight is 467 g/mol. The monoisotopic (exact) mass is 466 g/mol. The van der Waals surface area contributed by atoms with Gasteiger partial charge in [0.25, 0.3) is 5.91 Å². The Morgan fingerprint density at radius 3 is 2.48 bits per heavy atom. The van der Waals surface area contributed by atoms with E-state index in [-0.39, 0.29) is 30.7 Å². The predicted octanol–water partition coefficient (Wildman–Crippen LogP) is 3.81. The van der Waals surface area contributed by atoms with Crippen molar-refractivity contribution in [3.05, 3.63) is 53.7 Å². The highest BCUT2D eigenvalue weighted by Gasteiger charge is 2.46. The Morgan fingerprint density at radius 2 is 1.87 bits per heavy atom. The summed E-state index contributed by atoms with van der Waals surface area (Å²) in [6, 6.07) is 12.7. The normalized spacial score (nSPS) is 22.3. The maximum atomic E-state index is 12.1. The molecule has 1 aromatic carbocycles.